The summed E-state index contributed by atoms with van der Waals surface area (Å²) in [5, 5.41) is 3.46. The molecule has 0 unspecified atom stereocenters. The summed E-state index contributed by atoms with van der Waals surface area (Å²) in [5.74, 6) is 1.07. The van der Waals surface area contributed by atoms with Gasteiger partial charge in [-0.1, -0.05) is 37.3 Å². The molecular weight excluding hydrogens is 392 g/mol. The van der Waals surface area contributed by atoms with Crippen LogP contribution >= 0.6 is 0 Å². The third kappa shape index (κ3) is 6.32. The van der Waals surface area contributed by atoms with Crippen molar-refractivity contribution in [2.45, 2.75) is 77.1 Å². The van der Waals surface area contributed by atoms with Gasteiger partial charge in [0.05, 0.1) is 7.11 Å². The van der Waals surface area contributed by atoms with E-state index in [2.05, 4.69) is 34.3 Å². The van der Waals surface area contributed by atoms with Crippen LogP contribution in [0.1, 0.15) is 52.5 Å². The second kappa shape index (κ2) is 9.98. The fourth-order valence-electron chi connectivity index (χ4n) is 4.15. The van der Waals surface area contributed by atoms with E-state index in [1.54, 1.807) is 19.4 Å². The number of nitrogens with one attached hydrogen (secondary N) is 1. The standard InChI is InChI=1S/C24H34N4O3/c1-6-19-15-18(26-22-25-13-12-21(27-22)30-5)16-20(14-17-10-8-7-9-11-17)28(19)23(29)31-24(2,3)4/h7-13,18-20H,6,14-16H2,1-5H3,(H,25,26,27)/t18-,19+,20-/m0/s1. The Morgan fingerprint density at radius 2 is 1.87 bits per heavy atom. The van der Waals surface area contributed by atoms with Gasteiger partial charge < -0.3 is 19.7 Å². The molecule has 2 heterocycles. The van der Waals surface area contributed by atoms with Crippen LogP contribution in [0.3, 0.4) is 0 Å². The van der Waals surface area contributed by atoms with Gasteiger partial charge in [-0.2, -0.15) is 4.98 Å². The van der Waals surface area contributed by atoms with Gasteiger partial charge in [0.1, 0.15) is 5.60 Å². The average Bonchev–Trinajstić information content (AvgIpc) is 2.73. The first kappa shape index (κ1) is 22.8. The Morgan fingerprint density at radius 1 is 1.16 bits per heavy atom. The predicted octanol–water partition coefficient (Wildman–Crippen LogP) is 4.69. The lowest BCUT2D eigenvalue weighted by Gasteiger charge is -2.45. The predicted molar refractivity (Wildman–Crippen MR) is 121 cm³/mol. The second-order valence-corrected chi connectivity index (χ2v) is 9.03. The van der Waals surface area contributed by atoms with Gasteiger partial charge in [-0.3, -0.25) is 0 Å². The van der Waals surface area contributed by atoms with Crippen LogP contribution in [0.25, 0.3) is 0 Å². The van der Waals surface area contributed by atoms with Crippen LogP contribution in [0.5, 0.6) is 5.88 Å². The number of ether oxygens (including phenoxy) is 2. The molecule has 0 bridgehead atoms. The Hall–Kier alpha value is -2.83. The first-order valence-electron chi connectivity index (χ1n) is 11.0. The molecule has 168 valence electrons. The lowest BCUT2D eigenvalue weighted by molar-refractivity contribution is -0.00745. The van der Waals surface area contributed by atoms with Crippen molar-refractivity contribution >= 4 is 12.0 Å². The summed E-state index contributed by atoms with van der Waals surface area (Å²) in [5.41, 5.74) is 0.671. The number of nitrogens with zero attached hydrogens (tertiary/aromatic N) is 3. The van der Waals surface area contributed by atoms with E-state index in [1.807, 2.05) is 43.9 Å². The third-order valence-corrected chi connectivity index (χ3v) is 5.46. The maximum Gasteiger partial charge on any atom is 0.410 e. The van der Waals surface area contributed by atoms with Crippen molar-refractivity contribution in [3.8, 4) is 5.88 Å². The quantitative estimate of drug-likeness (QED) is 0.722. The topological polar surface area (TPSA) is 76.6 Å². The van der Waals surface area contributed by atoms with Crippen molar-refractivity contribution in [3.63, 3.8) is 0 Å². The van der Waals surface area contributed by atoms with E-state index in [0.29, 0.717) is 11.8 Å². The zero-order valence-corrected chi connectivity index (χ0v) is 19.2. The van der Waals surface area contributed by atoms with E-state index >= 15 is 0 Å². The van der Waals surface area contributed by atoms with Crippen molar-refractivity contribution in [3.05, 3.63) is 48.2 Å². The normalized spacial score (nSPS) is 21.5. The van der Waals surface area contributed by atoms with E-state index in [9.17, 15) is 4.79 Å². The van der Waals surface area contributed by atoms with Gasteiger partial charge in [0, 0.05) is 30.4 Å². The molecule has 1 saturated heterocycles. The largest absolute Gasteiger partial charge is 0.481 e. The van der Waals surface area contributed by atoms with E-state index in [0.717, 1.165) is 25.7 Å². The molecule has 3 atom stereocenters. The van der Waals surface area contributed by atoms with Gasteiger partial charge >= 0.3 is 6.09 Å². The summed E-state index contributed by atoms with van der Waals surface area (Å²) in [7, 11) is 1.59. The van der Waals surface area contributed by atoms with E-state index in [-0.39, 0.29) is 24.2 Å². The number of carbonyl (C=O) groups excluding carboxylic acids is 1. The van der Waals surface area contributed by atoms with Crippen molar-refractivity contribution < 1.29 is 14.3 Å². The highest BCUT2D eigenvalue weighted by Gasteiger charge is 2.40. The van der Waals surface area contributed by atoms with Crippen LogP contribution in [-0.2, 0) is 11.2 Å². The van der Waals surface area contributed by atoms with E-state index < -0.39 is 5.60 Å². The van der Waals surface area contributed by atoms with Crippen molar-refractivity contribution in [2.24, 2.45) is 0 Å². The lowest BCUT2D eigenvalue weighted by Crippen LogP contribution is -2.56. The van der Waals surface area contributed by atoms with Crippen LogP contribution in [0.4, 0.5) is 10.7 Å². The van der Waals surface area contributed by atoms with Crippen LogP contribution in [0.15, 0.2) is 42.6 Å². The Balaban J connectivity index is 1.84. The van der Waals surface area contributed by atoms with Gasteiger partial charge in [-0.05, 0) is 52.0 Å². The molecule has 0 saturated carbocycles. The van der Waals surface area contributed by atoms with Crippen molar-refractivity contribution in [1.29, 1.82) is 0 Å². The number of methoxy groups -OCH3 is 1. The number of aromatic nitrogens is 2. The molecule has 1 fully saturated rings. The van der Waals surface area contributed by atoms with Crippen LogP contribution < -0.4 is 10.1 Å². The molecule has 0 spiro atoms. The molecule has 3 rings (SSSR count). The maximum atomic E-state index is 13.2. The van der Waals surface area contributed by atoms with Crippen molar-refractivity contribution in [1.82, 2.24) is 14.9 Å². The summed E-state index contributed by atoms with van der Waals surface area (Å²) in [6.45, 7) is 7.84. The fourth-order valence-corrected chi connectivity index (χ4v) is 4.15. The second-order valence-electron chi connectivity index (χ2n) is 9.03. The van der Waals surface area contributed by atoms with Gasteiger partial charge in [-0.15, -0.1) is 0 Å². The molecule has 0 aliphatic carbocycles. The number of likely N-dealkylation sites (tertiary alicyclic amines) is 1. The molecule has 1 aliphatic rings. The van der Waals surface area contributed by atoms with Crippen LogP contribution in [-0.4, -0.2) is 51.8 Å². The summed E-state index contributed by atoms with van der Waals surface area (Å²) >= 11 is 0. The highest BCUT2D eigenvalue weighted by molar-refractivity contribution is 5.69. The number of anilines is 1. The highest BCUT2D eigenvalue weighted by Crippen LogP contribution is 2.31. The minimum atomic E-state index is -0.532. The number of rotatable bonds is 6. The van der Waals surface area contributed by atoms with Crippen LogP contribution in [0.2, 0.25) is 0 Å². The summed E-state index contributed by atoms with van der Waals surface area (Å²) < 4.78 is 11.0. The first-order chi connectivity index (χ1) is 14.8. The number of amides is 1. The van der Waals surface area contributed by atoms with Gasteiger partial charge in [-0.25, -0.2) is 9.78 Å². The molecule has 1 N–H and O–H groups in total. The highest BCUT2D eigenvalue weighted by atomic mass is 16.6. The fraction of sp³-hybridized carbons (Fsp3) is 0.542. The smallest absolute Gasteiger partial charge is 0.410 e. The first-order valence-corrected chi connectivity index (χ1v) is 11.0. The van der Waals surface area contributed by atoms with E-state index in [1.165, 1.54) is 5.56 Å². The molecule has 0 radical (unpaired) electrons. The summed E-state index contributed by atoms with van der Waals surface area (Å²) in [6.07, 6.45) is 4.65. The maximum absolute atomic E-state index is 13.2. The van der Waals surface area contributed by atoms with Gasteiger partial charge in [0.25, 0.3) is 0 Å². The zero-order chi connectivity index (χ0) is 22.4. The average molecular weight is 427 g/mol. The number of hydrogen-bond donors (Lipinski definition) is 1. The number of benzene rings is 1. The molecule has 1 aromatic heterocycles. The Labute approximate surface area is 185 Å². The molecule has 1 aliphatic heterocycles. The molecule has 2 aromatic rings. The molecule has 1 amide bonds. The molecule has 1 aromatic carbocycles. The SMILES string of the molecule is CC[C@@H]1C[C@H](Nc2nccc(OC)n2)C[C@H](Cc2ccccc2)N1C(=O)OC(C)(C)C. The summed E-state index contributed by atoms with van der Waals surface area (Å²) in [4.78, 5) is 23.9. The number of carbonyl (C=O) groups is 1. The minimum Gasteiger partial charge on any atom is -0.481 e. The van der Waals surface area contributed by atoms with Gasteiger partial charge in [0.15, 0.2) is 0 Å². The third-order valence-electron chi connectivity index (χ3n) is 5.46. The molecule has 7 heteroatoms. The number of piperidine rings is 1. The Morgan fingerprint density at radius 3 is 2.52 bits per heavy atom. The van der Waals surface area contributed by atoms with Gasteiger partial charge in [0.2, 0.25) is 11.8 Å². The number of hydrogen-bond acceptors (Lipinski definition) is 6. The van der Waals surface area contributed by atoms with Crippen molar-refractivity contribution in [2.75, 3.05) is 12.4 Å². The monoisotopic (exact) mass is 426 g/mol. The van der Waals surface area contributed by atoms with Crippen LogP contribution in [0, 0.1) is 0 Å². The zero-order valence-electron chi connectivity index (χ0n) is 19.2. The summed E-state index contributed by atoms with van der Waals surface area (Å²) in [6, 6.07) is 12.2. The Kier molecular flexibility index (Phi) is 7.36. The van der Waals surface area contributed by atoms with E-state index in [4.69, 9.17) is 9.47 Å². The molecular formula is C24H34N4O3. The molecule has 31 heavy (non-hydrogen) atoms. The minimum absolute atomic E-state index is 0.0130. The lowest BCUT2D eigenvalue weighted by atomic mass is 9.87. The molecule has 7 nitrogen and oxygen atoms in total. The Bertz CT molecular complexity index is 853.